The summed E-state index contributed by atoms with van der Waals surface area (Å²) in [4.78, 5) is 52.9. The Labute approximate surface area is 237 Å². The number of allylic oxidation sites excluding steroid dienone is 2. The summed E-state index contributed by atoms with van der Waals surface area (Å²) in [6.07, 6.45) is -0.0803. The number of aliphatic hydroxyl groups is 3. The van der Waals surface area contributed by atoms with Crippen LogP contribution in [0.4, 0.5) is 0 Å². The van der Waals surface area contributed by atoms with E-state index in [9.17, 15) is 34.5 Å². The summed E-state index contributed by atoms with van der Waals surface area (Å²) in [6, 6.07) is 0. The van der Waals surface area contributed by atoms with Gasteiger partial charge in [-0.25, -0.2) is 9.59 Å². The van der Waals surface area contributed by atoms with Crippen LogP contribution in [0.15, 0.2) is 35.5 Å². The number of hydrogen-bond acceptors (Lipinski definition) is 11. The maximum absolute atomic E-state index is 13.6. The van der Waals surface area contributed by atoms with Crippen molar-refractivity contribution in [3.8, 4) is 0 Å². The Morgan fingerprint density at radius 2 is 1.85 bits per heavy atom. The van der Waals surface area contributed by atoms with E-state index in [2.05, 4.69) is 0 Å². The molecular weight excluding hydrogens is 536 g/mol. The minimum absolute atomic E-state index is 0.00141. The molecule has 222 valence electrons. The number of esters is 2. The van der Waals surface area contributed by atoms with Crippen LogP contribution >= 0.6 is 0 Å². The second-order valence-electron chi connectivity index (χ2n) is 13.0. The molecule has 3 unspecified atom stereocenters. The molecule has 2 saturated heterocycles. The topological polar surface area (TPSA) is 166 Å². The standard InChI is InChI=1S/C30H36O11/c1-6-13(2)24(35)40-23-22-20-19(16(32)7-8-27(20,3)12-38-22)21-26(37)41-30(29(21,23)5)17(33)10-15(28(30,4)11-31)14-9-18(34)39-25(14)36/h6-9,11,15,17-23,26,33-34,37H,10,12H2,1-5H3/b13-6+/t15-,17-,18?,19-,20-,21+,22+,23?,26+,27-,28-,29-,30?/m0/s1. The minimum atomic E-state index is -1.94. The molecule has 6 aliphatic rings. The van der Waals surface area contributed by atoms with Crippen molar-refractivity contribution < 1.29 is 53.4 Å². The molecule has 11 nitrogen and oxygen atoms in total. The molecule has 1 spiro atoms. The van der Waals surface area contributed by atoms with Crippen LogP contribution in [-0.2, 0) is 38.1 Å². The van der Waals surface area contributed by atoms with Crippen molar-refractivity contribution in [1.29, 1.82) is 0 Å². The van der Waals surface area contributed by atoms with Gasteiger partial charge in [0, 0.05) is 45.6 Å². The number of carbonyl (C=O) groups is 4. The van der Waals surface area contributed by atoms with Crippen molar-refractivity contribution >= 4 is 24.0 Å². The number of aliphatic hydroxyl groups excluding tert-OH is 3. The molecule has 6 rings (SSSR count). The van der Waals surface area contributed by atoms with Crippen molar-refractivity contribution in [2.45, 2.75) is 77.5 Å². The van der Waals surface area contributed by atoms with Gasteiger partial charge in [-0.15, -0.1) is 0 Å². The smallest absolute Gasteiger partial charge is 0.336 e. The van der Waals surface area contributed by atoms with Crippen molar-refractivity contribution in [1.82, 2.24) is 0 Å². The molecule has 3 N–H and O–H groups in total. The molecule has 0 amide bonds. The molecule has 3 aliphatic heterocycles. The van der Waals surface area contributed by atoms with E-state index in [-0.39, 0.29) is 24.4 Å². The van der Waals surface area contributed by atoms with Gasteiger partial charge in [0.1, 0.15) is 18.0 Å². The number of rotatable bonds is 4. The quantitative estimate of drug-likeness (QED) is 0.247. The Kier molecular flexibility index (Phi) is 6.17. The minimum Gasteiger partial charge on any atom is -0.456 e. The molecule has 3 aliphatic carbocycles. The summed E-state index contributed by atoms with van der Waals surface area (Å²) in [6.45, 7) is 8.65. The largest absolute Gasteiger partial charge is 0.456 e. The molecule has 11 heteroatoms. The average Bonchev–Trinajstić information content (AvgIpc) is 3.59. The van der Waals surface area contributed by atoms with Crippen LogP contribution in [0, 0.1) is 39.9 Å². The summed E-state index contributed by atoms with van der Waals surface area (Å²) < 4.78 is 23.8. The number of fused-ring (bicyclic) bond motifs is 3. The van der Waals surface area contributed by atoms with E-state index in [1.54, 1.807) is 32.9 Å². The third kappa shape index (κ3) is 3.27. The first kappa shape index (κ1) is 28.4. The first-order valence-corrected chi connectivity index (χ1v) is 14.0. The van der Waals surface area contributed by atoms with Crippen molar-refractivity contribution in [3.63, 3.8) is 0 Å². The number of ketones is 1. The van der Waals surface area contributed by atoms with E-state index < -0.39 is 88.3 Å². The third-order valence-electron chi connectivity index (χ3n) is 11.3. The number of ether oxygens (including phenoxy) is 4. The zero-order valence-corrected chi connectivity index (χ0v) is 23.6. The van der Waals surface area contributed by atoms with Gasteiger partial charge in [0.05, 0.1) is 24.2 Å². The summed E-state index contributed by atoms with van der Waals surface area (Å²) in [5, 5.41) is 33.6. The maximum Gasteiger partial charge on any atom is 0.336 e. The lowest BCUT2D eigenvalue weighted by Gasteiger charge is -2.60. The predicted molar refractivity (Wildman–Crippen MR) is 138 cm³/mol. The Morgan fingerprint density at radius 3 is 2.46 bits per heavy atom. The summed E-state index contributed by atoms with van der Waals surface area (Å²) >= 11 is 0. The molecule has 0 aromatic carbocycles. The Morgan fingerprint density at radius 1 is 1.15 bits per heavy atom. The van der Waals surface area contributed by atoms with Gasteiger partial charge in [0.15, 0.2) is 12.1 Å². The predicted octanol–water partition coefficient (Wildman–Crippen LogP) is 0.752. The average molecular weight is 573 g/mol. The first-order valence-electron chi connectivity index (χ1n) is 14.0. The summed E-state index contributed by atoms with van der Waals surface area (Å²) in [5.41, 5.74) is -5.47. The monoisotopic (exact) mass is 572 g/mol. The molecular formula is C30H36O11. The highest BCUT2D eigenvalue weighted by Gasteiger charge is 2.85. The number of carbonyl (C=O) groups excluding carboxylic acids is 4. The molecule has 3 heterocycles. The van der Waals surface area contributed by atoms with Gasteiger partial charge in [0.25, 0.3) is 0 Å². The van der Waals surface area contributed by atoms with Crippen LogP contribution in [-0.4, -0.2) is 82.4 Å². The molecule has 0 radical (unpaired) electrons. The van der Waals surface area contributed by atoms with Crippen LogP contribution in [0.2, 0.25) is 0 Å². The van der Waals surface area contributed by atoms with Gasteiger partial charge in [-0.3, -0.25) is 4.79 Å². The molecule has 0 aromatic rings. The number of hydrogen-bond donors (Lipinski definition) is 3. The fourth-order valence-electron chi connectivity index (χ4n) is 9.31. The zero-order valence-electron chi connectivity index (χ0n) is 23.6. The number of aldehydes is 1. The van der Waals surface area contributed by atoms with Gasteiger partial charge < -0.3 is 39.1 Å². The Balaban J connectivity index is 1.59. The van der Waals surface area contributed by atoms with Crippen LogP contribution in [0.5, 0.6) is 0 Å². The van der Waals surface area contributed by atoms with Gasteiger partial charge in [-0.2, -0.15) is 0 Å². The van der Waals surface area contributed by atoms with Gasteiger partial charge in [0.2, 0.25) is 6.29 Å². The lowest BCUT2D eigenvalue weighted by atomic mass is 9.44. The van der Waals surface area contributed by atoms with Crippen molar-refractivity contribution in [2.24, 2.45) is 39.9 Å². The van der Waals surface area contributed by atoms with Crippen molar-refractivity contribution in [3.05, 3.63) is 35.5 Å². The highest BCUT2D eigenvalue weighted by Crippen LogP contribution is 2.74. The van der Waals surface area contributed by atoms with E-state index >= 15 is 0 Å². The fourth-order valence-corrected chi connectivity index (χ4v) is 9.31. The van der Waals surface area contributed by atoms with E-state index in [4.69, 9.17) is 18.9 Å². The second-order valence-corrected chi connectivity index (χ2v) is 13.0. The van der Waals surface area contributed by atoms with Gasteiger partial charge in [-0.05, 0) is 39.3 Å². The molecule has 2 saturated carbocycles. The normalized spacial score (nSPS) is 51.9. The highest BCUT2D eigenvalue weighted by atomic mass is 16.6. The summed E-state index contributed by atoms with van der Waals surface area (Å²) in [5.74, 6) is -5.03. The highest BCUT2D eigenvalue weighted by molar-refractivity contribution is 5.95. The SMILES string of the molecule is C/C=C(\C)C(=O)OC1[C@@H]2OC[C@]3(C)C=CC(=O)[C@@H]([C@@H]23)[C@@H]2[C@H](O)OC3([C@@H](O)C[C@@H](C4=CC(O)OC4=O)[C@]3(C)C=O)[C@]12C. The van der Waals surface area contributed by atoms with Gasteiger partial charge in [-0.1, -0.05) is 26.0 Å². The van der Waals surface area contributed by atoms with Gasteiger partial charge >= 0.3 is 11.9 Å². The zero-order chi connectivity index (χ0) is 29.9. The van der Waals surface area contributed by atoms with Crippen LogP contribution < -0.4 is 0 Å². The maximum atomic E-state index is 13.6. The first-order chi connectivity index (χ1) is 19.2. The van der Waals surface area contributed by atoms with E-state index in [1.807, 2.05) is 6.92 Å². The molecule has 41 heavy (non-hydrogen) atoms. The second kappa shape index (κ2) is 8.90. The molecule has 0 bridgehead atoms. The lowest BCUT2D eigenvalue weighted by Crippen LogP contribution is -2.72. The molecule has 13 atom stereocenters. The van der Waals surface area contributed by atoms with E-state index in [0.29, 0.717) is 11.9 Å². The fraction of sp³-hybridized carbons (Fsp3) is 0.667. The van der Waals surface area contributed by atoms with E-state index in [1.165, 1.54) is 19.1 Å². The number of cyclic esters (lactones) is 1. The summed E-state index contributed by atoms with van der Waals surface area (Å²) in [7, 11) is 0. The third-order valence-corrected chi connectivity index (χ3v) is 11.3. The van der Waals surface area contributed by atoms with E-state index in [0.717, 1.165) is 0 Å². The van der Waals surface area contributed by atoms with Crippen LogP contribution in [0.3, 0.4) is 0 Å². The Hall–Kier alpha value is -2.70. The Bertz CT molecular complexity index is 1320. The van der Waals surface area contributed by atoms with Crippen LogP contribution in [0.1, 0.15) is 41.0 Å². The molecule has 0 aromatic heterocycles. The van der Waals surface area contributed by atoms with Crippen LogP contribution in [0.25, 0.3) is 0 Å². The lowest BCUT2D eigenvalue weighted by molar-refractivity contribution is -0.251. The molecule has 4 fully saturated rings. The van der Waals surface area contributed by atoms with Crippen molar-refractivity contribution in [2.75, 3.05) is 6.61 Å².